The Labute approximate surface area is 420 Å². The molecule has 0 amide bonds. The number of rotatable bonds is 10. The van der Waals surface area contributed by atoms with Gasteiger partial charge in [-0.05, 0) is 97.8 Å². The Bertz CT molecular complexity index is 2140. The molecule has 0 radical (unpaired) electrons. The standard InChI is InChI=1S/2C26H24P.8ClH.2Mn/c2*1-22-17-19-23(20-18-22)21-27(24-11-5-2-6-12-24,25-13-7-3-8-14-25)26-15-9-4-10-16-26;;;;;;;;;;/h2*2-20H,21H2,1H3;8*1H;;/q2*+1;;;;;;;;;2*+3/p-8. The summed E-state index contributed by atoms with van der Waals surface area (Å²) in [6.45, 7) is 4.30. The molecule has 0 aliphatic carbocycles. The minimum atomic E-state index is -2.74. The molecule has 0 atom stereocenters. The van der Waals surface area contributed by atoms with Crippen LogP contribution >= 0.6 is 95.3 Å². The van der Waals surface area contributed by atoms with Gasteiger partial charge in [0.05, 0.1) is 12.3 Å². The van der Waals surface area contributed by atoms with Gasteiger partial charge in [0.2, 0.25) is 0 Å². The van der Waals surface area contributed by atoms with Crippen molar-refractivity contribution < 1.29 is 18.4 Å². The zero-order valence-electron chi connectivity index (χ0n) is 35.0. The van der Waals surface area contributed by atoms with E-state index in [2.05, 4.69) is 244 Å². The molecule has 0 aliphatic rings. The van der Waals surface area contributed by atoms with Crippen LogP contribution < -0.4 is 31.8 Å². The van der Waals surface area contributed by atoms with Crippen molar-refractivity contribution in [3.05, 3.63) is 253 Å². The number of aryl methyl sites for hydroxylation is 2. The molecule has 0 aromatic heterocycles. The Balaban J connectivity index is 0.000000199. The van der Waals surface area contributed by atoms with Gasteiger partial charge in [0.1, 0.15) is 46.4 Å². The number of hydrogen-bond donors (Lipinski definition) is 0. The van der Waals surface area contributed by atoms with Crippen molar-refractivity contribution in [3.8, 4) is 0 Å². The molecule has 336 valence electrons. The van der Waals surface area contributed by atoms with Crippen molar-refractivity contribution in [1.29, 1.82) is 0 Å². The van der Waals surface area contributed by atoms with Crippen molar-refractivity contribution in [1.82, 2.24) is 0 Å². The molecule has 0 saturated heterocycles. The van der Waals surface area contributed by atoms with Crippen LogP contribution in [0.1, 0.15) is 22.3 Å². The molecule has 12 heteroatoms. The fourth-order valence-electron chi connectivity index (χ4n) is 7.47. The van der Waals surface area contributed by atoms with Crippen molar-refractivity contribution in [2.45, 2.75) is 26.2 Å². The van der Waals surface area contributed by atoms with Crippen LogP contribution in [0.15, 0.2) is 231 Å². The molecular formula is C52H48Cl8Mn2P2. The van der Waals surface area contributed by atoms with Gasteiger partial charge in [-0.3, -0.25) is 0 Å². The Kier molecular flexibility index (Phi) is 21.4. The van der Waals surface area contributed by atoms with Crippen LogP contribution in [0, 0.1) is 13.8 Å². The maximum absolute atomic E-state index is 4.97. The van der Waals surface area contributed by atoms with Crippen LogP contribution in [0.2, 0.25) is 0 Å². The average Bonchev–Trinajstić information content (AvgIpc) is 3.30. The fourth-order valence-corrected chi connectivity index (χ4v) is 16.0. The predicted molar refractivity (Wildman–Crippen MR) is 287 cm³/mol. The van der Waals surface area contributed by atoms with Gasteiger partial charge in [0.25, 0.3) is 0 Å². The van der Waals surface area contributed by atoms with Gasteiger partial charge >= 0.3 is 99.2 Å². The van der Waals surface area contributed by atoms with E-state index in [4.69, 9.17) is 80.8 Å². The van der Waals surface area contributed by atoms with Crippen LogP contribution in [-0.2, 0) is 30.7 Å². The van der Waals surface area contributed by atoms with E-state index in [1.165, 1.54) is 54.1 Å². The Morgan fingerprint density at radius 3 is 0.578 bits per heavy atom. The first kappa shape index (κ1) is 52.9. The van der Waals surface area contributed by atoms with Gasteiger partial charge in [0.15, 0.2) is 0 Å². The van der Waals surface area contributed by atoms with Crippen LogP contribution in [-0.4, -0.2) is 0 Å². The number of benzene rings is 8. The molecule has 0 N–H and O–H groups in total. The van der Waals surface area contributed by atoms with Gasteiger partial charge in [-0.15, -0.1) is 0 Å². The van der Waals surface area contributed by atoms with E-state index >= 15 is 0 Å². The van der Waals surface area contributed by atoms with Gasteiger partial charge in [0, 0.05) is 0 Å². The normalized spacial score (nSPS) is 11.9. The summed E-state index contributed by atoms with van der Waals surface area (Å²) in [6, 6.07) is 84.5. The summed E-state index contributed by atoms with van der Waals surface area (Å²) in [6.07, 6.45) is 2.07. The first-order valence-electron chi connectivity index (χ1n) is 19.9. The molecule has 0 saturated carbocycles. The summed E-state index contributed by atoms with van der Waals surface area (Å²) in [5.41, 5.74) is 5.40. The van der Waals surface area contributed by atoms with E-state index < -0.39 is 32.9 Å². The molecule has 8 rings (SSSR count). The third kappa shape index (κ3) is 16.6. The van der Waals surface area contributed by atoms with Crippen molar-refractivity contribution in [3.63, 3.8) is 0 Å². The second kappa shape index (κ2) is 25.9. The summed E-state index contributed by atoms with van der Waals surface area (Å²) < 4.78 is 0. The average molecular weight is 1130 g/mol. The maximum atomic E-state index is 4.97. The summed E-state index contributed by atoms with van der Waals surface area (Å²) in [5.74, 6) is 0. The molecule has 0 aliphatic heterocycles. The Hall–Kier alpha value is -2.02. The predicted octanol–water partition coefficient (Wildman–Crippen LogP) is 16.5. The zero-order valence-corrected chi connectivity index (χ0v) is 45.2. The minimum absolute atomic E-state index is 1.03. The van der Waals surface area contributed by atoms with Gasteiger partial charge in [-0.25, -0.2) is 0 Å². The van der Waals surface area contributed by atoms with Crippen LogP contribution in [0.3, 0.4) is 0 Å². The van der Waals surface area contributed by atoms with Crippen LogP contribution in [0.5, 0.6) is 0 Å². The third-order valence-corrected chi connectivity index (χ3v) is 19.0. The van der Waals surface area contributed by atoms with Crippen molar-refractivity contribution >= 4 is 127 Å². The Morgan fingerprint density at radius 2 is 0.422 bits per heavy atom. The van der Waals surface area contributed by atoms with E-state index in [1.807, 2.05) is 0 Å². The molecule has 0 unspecified atom stereocenters. The fraction of sp³-hybridized carbons (Fsp3) is 0.0769. The first-order chi connectivity index (χ1) is 30.6. The second-order valence-corrected chi connectivity index (χ2v) is 44.9. The summed E-state index contributed by atoms with van der Waals surface area (Å²) >= 11 is 0. The van der Waals surface area contributed by atoms with Gasteiger partial charge in [-0.1, -0.05) is 169 Å². The van der Waals surface area contributed by atoms with E-state index in [0.29, 0.717) is 0 Å². The van der Waals surface area contributed by atoms with E-state index in [9.17, 15) is 0 Å². The molecule has 0 fully saturated rings. The van der Waals surface area contributed by atoms with E-state index in [-0.39, 0.29) is 0 Å². The SMILES string of the molecule is Cc1ccc(C[P+](c2ccccc2)(c2ccccc2)c2ccccc2)cc1.Cc1ccc(C[P+](c2ccccc2)(c2ccccc2)c2ccccc2)cc1.[Cl][Mn-]([Cl])([Cl])[Cl].[Cl][Mn-]([Cl])([Cl])[Cl]. The quantitative estimate of drug-likeness (QED) is 0.0946. The summed E-state index contributed by atoms with van der Waals surface area (Å²) in [7, 11) is 30.7. The molecule has 0 spiro atoms. The van der Waals surface area contributed by atoms with Crippen LogP contribution in [0.25, 0.3) is 0 Å². The van der Waals surface area contributed by atoms with Crippen molar-refractivity contribution in [2.24, 2.45) is 0 Å². The van der Waals surface area contributed by atoms with E-state index in [1.54, 1.807) is 0 Å². The summed E-state index contributed by atoms with van der Waals surface area (Å²) in [4.78, 5) is 0. The molecule has 8 aromatic carbocycles. The van der Waals surface area contributed by atoms with Crippen LogP contribution in [0.4, 0.5) is 0 Å². The van der Waals surface area contributed by atoms with Crippen molar-refractivity contribution in [2.75, 3.05) is 0 Å². The van der Waals surface area contributed by atoms with E-state index in [0.717, 1.165) is 12.3 Å². The molecule has 64 heavy (non-hydrogen) atoms. The van der Waals surface area contributed by atoms with Gasteiger partial charge < -0.3 is 0 Å². The third-order valence-electron chi connectivity index (χ3n) is 10.3. The molecule has 8 aromatic rings. The second-order valence-electron chi connectivity index (χ2n) is 14.6. The topological polar surface area (TPSA) is 0 Å². The molecular weight excluding hydrogens is 1080 g/mol. The number of halogens is 8. The summed E-state index contributed by atoms with van der Waals surface area (Å²) in [5, 5.41) is 8.60. The monoisotopic (exact) mass is 1120 g/mol. The molecule has 0 bridgehead atoms. The first-order valence-corrected chi connectivity index (χ1v) is 36.9. The zero-order chi connectivity index (χ0) is 46.1. The molecule has 0 nitrogen and oxygen atoms in total. The number of hydrogen-bond acceptors (Lipinski definition) is 0. The molecule has 0 heterocycles. The van der Waals surface area contributed by atoms with Gasteiger partial charge in [-0.2, -0.15) is 0 Å². The Morgan fingerprint density at radius 1 is 0.266 bits per heavy atom.